The maximum absolute atomic E-state index is 12.7. The predicted molar refractivity (Wildman–Crippen MR) is 109 cm³/mol. The van der Waals surface area contributed by atoms with Gasteiger partial charge in [0.15, 0.2) is 4.34 Å². The van der Waals surface area contributed by atoms with Gasteiger partial charge < -0.3 is 4.74 Å². The van der Waals surface area contributed by atoms with Crippen molar-refractivity contribution < 1.29 is 17.9 Å². The molecule has 27 heavy (non-hydrogen) atoms. The van der Waals surface area contributed by atoms with Crippen molar-refractivity contribution in [3.05, 3.63) is 23.8 Å². The van der Waals surface area contributed by atoms with Gasteiger partial charge in [-0.1, -0.05) is 36.1 Å². The summed E-state index contributed by atoms with van der Waals surface area (Å²) >= 11 is 2.76. The molecule has 1 N–H and O–H groups in total. The number of aryl methyl sites for hydroxylation is 1. The Morgan fingerprint density at radius 1 is 1.41 bits per heavy atom. The number of ether oxygens (including phenoxy) is 1. The van der Waals surface area contributed by atoms with Crippen LogP contribution in [0.1, 0.15) is 19.4 Å². The van der Waals surface area contributed by atoms with Crippen LogP contribution in [-0.2, 0) is 14.8 Å². The Hall–Kier alpha value is -1.85. The molecule has 0 aliphatic heterocycles. The van der Waals surface area contributed by atoms with E-state index in [0.717, 1.165) is 26.2 Å². The van der Waals surface area contributed by atoms with E-state index in [-0.39, 0.29) is 0 Å². The van der Waals surface area contributed by atoms with Crippen LogP contribution in [0.15, 0.2) is 22.5 Å². The molecule has 8 nitrogen and oxygen atoms in total. The molecule has 0 spiro atoms. The first kappa shape index (κ1) is 21.5. The van der Waals surface area contributed by atoms with Crippen LogP contribution in [0.5, 0.6) is 5.75 Å². The van der Waals surface area contributed by atoms with E-state index < -0.39 is 22.0 Å². The summed E-state index contributed by atoms with van der Waals surface area (Å²) in [5.74, 6) is 0.699. The average molecular weight is 431 g/mol. The zero-order valence-corrected chi connectivity index (χ0v) is 18.2. The van der Waals surface area contributed by atoms with Gasteiger partial charge in [0.2, 0.25) is 21.1 Å². The molecule has 11 heteroatoms. The second-order valence-electron chi connectivity index (χ2n) is 5.71. The van der Waals surface area contributed by atoms with Gasteiger partial charge >= 0.3 is 0 Å². The molecule has 0 bridgehead atoms. The summed E-state index contributed by atoms with van der Waals surface area (Å²) in [6.45, 7) is 5.34. The molecule has 148 valence electrons. The van der Waals surface area contributed by atoms with Gasteiger partial charge in [0.1, 0.15) is 11.8 Å². The molecule has 0 saturated carbocycles. The highest BCUT2D eigenvalue weighted by Gasteiger charge is 2.31. The third-order valence-corrected chi connectivity index (χ3v) is 6.65. The highest BCUT2D eigenvalue weighted by atomic mass is 32.2. The average Bonchev–Trinajstić information content (AvgIpc) is 3.01. The lowest BCUT2D eigenvalue weighted by Gasteiger charge is -2.29. The van der Waals surface area contributed by atoms with E-state index in [4.69, 9.17) is 4.74 Å². The first-order valence-corrected chi connectivity index (χ1v) is 11.7. The SMILES string of the molecule is CCSc1nnc(NC(=O)C(C)N(c2cc(C)ccc2OC)S(C)(=O)=O)s1. The van der Waals surface area contributed by atoms with Crippen LogP contribution >= 0.6 is 23.1 Å². The van der Waals surface area contributed by atoms with Crippen molar-refractivity contribution in [2.45, 2.75) is 31.2 Å². The minimum atomic E-state index is -3.75. The fourth-order valence-electron chi connectivity index (χ4n) is 2.41. The number of benzene rings is 1. The van der Waals surface area contributed by atoms with Crippen LogP contribution in [0, 0.1) is 6.92 Å². The third-order valence-electron chi connectivity index (χ3n) is 3.56. The van der Waals surface area contributed by atoms with Crippen LogP contribution in [0.3, 0.4) is 0 Å². The van der Waals surface area contributed by atoms with Gasteiger partial charge in [-0.3, -0.25) is 14.4 Å². The number of thioether (sulfide) groups is 1. The largest absolute Gasteiger partial charge is 0.495 e. The number of hydrogen-bond acceptors (Lipinski definition) is 8. The van der Waals surface area contributed by atoms with Gasteiger partial charge in [-0.25, -0.2) is 8.42 Å². The molecule has 1 aromatic carbocycles. The second-order valence-corrected chi connectivity index (χ2v) is 10.1. The lowest BCUT2D eigenvalue weighted by atomic mass is 10.2. The first-order valence-electron chi connectivity index (χ1n) is 8.08. The van der Waals surface area contributed by atoms with E-state index in [0.29, 0.717) is 16.6 Å². The van der Waals surface area contributed by atoms with Gasteiger partial charge in [0.25, 0.3) is 0 Å². The number of nitrogens with zero attached hydrogens (tertiary/aromatic N) is 3. The van der Waals surface area contributed by atoms with Crippen molar-refractivity contribution in [1.29, 1.82) is 0 Å². The number of aromatic nitrogens is 2. The number of hydrogen-bond donors (Lipinski definition) is 1. The van der Waals surface area contributed by atoms with Crippen molar-refractivity contribution in [3.8, 4) is 5.75 Å². The van der Waals surface area contributed by atoms with E-state index in [1.54, 1.807) is 12.1 Å². The van der Waals surface area contributed by atoms with E-state index in [1.807, 2.05) is 19.9 Å². The Bertz CT molecular complexity index is 914. The molecule has 2 rings (SSSR count). The molecule has 2 aromatic rings. The maximum Gasteiger partial charge on any atom is 0.249 e. The summed E-state index contributed by atoms with van der Waals surface area (Å²) < 4.78 is 32.0. The Balaban J connectivity index is 2.33. The molecule has 0 fully saturated rings. The molecular weight excluding hydrogens is 408 g/mol. The smallest absolute Gasteiger partial charge is 0.249 e. The lowest BCUT2D eigenvalue weighted by Crippen LogP contribution is -2.45. The number of carbonyl (C=O) groups excluding carboxylic acids is 1. The molecular formula is C16H22N4O4S3. The van der Waals surface area contributed by atoms with Gasteiger partial charge in [0.05, 0.1) is 19.1 Å². The number of methoxy groups -OCH3 is 1. The molecule has 0 aliphatic carbocycles. The molecule has 0 saturated heterocycles. The number of anilines is 2. The number of sulfonamides is 1. The van der Waals surface area contributed by atoms with Crippen molar-refractivity contribution in [3.63, 3.8) is 0 Å². The molecule has 1 heterocycles. The van der Waals surface area contributed by atoms with Crippen molar-refractivity contribution in [1.82, 2.24) is 10.2 Å². The van der Waals surface area contributed by atoms with Crippen molar-refractivity contribution in [2.24, 2.45) is 0 Å². The number of carbonyl (C=O) groups is 1. The molecule has 0 aliphatic rings. The van der Waals surface area contributed by atoms with Crippen molar-refractivity contribution in [2.75, 3.05) is 28.7 Å². The first-order chi connectivity index (χ1) is 12.7. The zero-order valence-electron chi connectivity index (χ0n) is 15.7. The van der Waals surface area contributed by atoms with Crippen molar-refractivity contribution >= 4 is 49.8 Å². The van der Waals surface area contributed by atoms with E-state index in [9.17, 15) is 13.2 Å². The molecule has 1 atom stereocenters. The molecule has 1 unspecified atom stereocenters. The fourth-order valence-corrected chi connectivity index (χ4v) is 5.23. The summed E-state index contributed by atoms with van der Waals surface area (Å²) in [5, 5.41) is 10.9. The van der Waals surface area contributed by atoms with Crippen LogP contribution in [0.2, 0.25) is 0 Å². The minimum Gasteiger partial charge on any atom is -0.495 e. The van der Waals surface area contributed by atoms with Crippen LogP contribution < -0.4 is 14.4 Å². The van der Waals surface area contributed by atoms with E-state index in [1.165, 1.54) is 37.1 Å². The predicted octanol–water partition coefficient (Wildman–Crippen LogP) is 2.76. The lowest BCUT2D eigenvalue weighted by molar-refractivity contribution is -0.116. The van der Waals surface area contributed by atoms with Gasteiger partial charge in [-0.2, -0.15) is 0 Å². The summed E-state index contributed by atoms with van der Waals surface area (Å²) in [7, 11) is -2.30. The maximum atomic E-state index is 12.7. The fraction of sp³-hybridized carbons (Fsp3) is 0.438. The third kappa shape index (κ3) is 5.33. The van der Waals surface area contributed by atoms with Crippen LogP contribution in [0.4, 0.5) is 10.8 Å². The highest BCUT2D eigenvalue weighted by molar-refractivity contribution is 8.01. The van der Waals surface area contributed by atoms with Gasteiger partial charge in [-0.15, -0.1) is 10.2 Å². The summed E-state index contributed by atoms with van der Waals surface area (Å²) in [6, 6.07) is 4.14. The number of rotatable bonds is 8. The van der Waals surface area contributed by atoms with Crippen LogP contribution in [0.25, 0.3) is 0 Å². The van der Waals surface area contributed by atoms with Gasteiger partial charge in [-0.05, 0) is 37.3 Å². The highest BCUT2D eigenvalue weighted by Crippen LogP contribution is 2.33. The topological polar surface area (TPSA) is 101 Å². The Morgan fingerprint density at radius 3 is 2.70 bits per heavy atom. The summed E-state index contributed by atoms with van der Waals surface area (Å²) in [4.78, 5) is 12.7. The molecule has 1 amide bonds. The monoisotopic (exact) mass is 430 g/mol. The minimum absolute atomic E-state index is 0.308. The zero-order chi connectivity index (χ0) is 20.2. The normalized spacial score (nSPS) is 12.5. The number of nitrogens with one attached hydrogen (secondary N) is 1. The molecule has 1 aromatic heterocycles. The Kier molecular flexibility index (Phi) is 7.06. The van der Waals surface area contributed by atoms with E-state index >= 15 is 0 Å². The quantitative estimate of drug-likeness (QED) is 0.507. The Labute approximate surface area is 167 Å². The standard InChI is InChI=1S/C16H22N4O4S3/c1-6-25-16-19-18-15(26-16)17-14(21)11(3)20(27(5,22)23)12-9-10(2)7-8-13(12)24-4/h7-9,11H,6H2,1-5H3,(H,17,18,21). The number of amides is 1. The summed E-state index contributed by atoms with van der Waals surface area (Å²) in [6.07, 6.45) is 1.06. The van der Waals surface area contributed by atoms with Crippen LogP contribution in [-0.4, -0.2) is 49.7 Å². The molecule has 0 radical (unpaired) electrons. The Morgan fingerprint density at radius 2 is 2.11 bits per heavy atom. The van der Waals surface area contributed by atoms with Gasteiger partial charge in [0, 0.05) is 0 Å². The summed E-state index contributed by atoms with van der Waals surface area (Å²) in [5.41, 5.74) is 1.15. The van der Waals surface area contributed by atoms with E-state index in [2.05, 4.69) is 15.5 Å². The second kappa shape index (κ2) is 8.89.